The Balaban J connectivity index is 1.78. The molecule has 28 heavy (non-hydrogen) atoms. The third-order valence-corrected chi connectivity index (χ3v) is 5.19. The number of aryl methyl sites for hydroxylation is 1. The van der Waals surface area contributed by atoms with Crippen LogP contribution in [0.3, 0.4) is 0 Å². The highest BCUT2D eigenvalue weighted by Crippen LogP contribution is 2.21. The van der Waals surface area contributed by atoms with Crippen molar-refractivity contribution in [1.82, 2.24) is 19.1 Å². The van der Waals surface area contributed by atoms with Crippen LogP contribution in [0.4, 0.5) is 5.69 Å². The molecule has 1 aliphatic rings. The normalized spacial score (nSPS) is 14.1. The lowest BCUT2D eigenvalue weighted by Crippen LogP contribution is -2.37. The van der Waals surface area contributed by atoms with Gasteiger partial charge in [0, 0.05) is 37.4 Å². The first-order valence-corrected chi connectivity index (χ1v) is 9.29. The molecule has 0 aliphatic carbocycles. The van der Waals surface area contributed by atoms with Crippen molar-refractivity contribution in [3.63, 3.8) is 0 Å². The van der Waals surface area contributed by atoms with Crippen LogP contribution in [0.2, 0.25) is 0 Å². The van der Waals surface area contributed by atoms with Gasteiger partial charge in [-0.2, -0.15) is 9.61 Å². The van der Waals surface area contributed by atoms with E-state index in [-0.39, 0.29) is 11.5 Å². The van der Waals surface area contributed by atoms with Crippen LogP contribution < -0.4 is 15.6 Å². The number of anilines is 1. The van der Waals surface area contributed by atoms with Crippen LogP contribution in [0.1, 0.15) is 28.5 Å². The highest BCUT2D eigenvalue weighted by molar-refractivity contribution is 6.08. The van der Waals surface area contributed by atoms with Crippen molar-refractivity contribution in [2.24, 2.45) is 0 Å². The second-order valence-electron chi connectivity index (χ2n) is 6.94. The molecule has 8 nitrogen and oxygen atoms in total. The standard InChI is InChI=1S/C20H23N5O3/c1-4-24-17-9-10-23(2)12-16(17)20(27)25-19(24)15(11-21-25)18(26)22-13-5-7-14(28-3)8-6-13/h5-8,11H,4,9-10,12H2,1-3H3,(H,22,26). The van der Waals surface area contributed by atoms with Gasteiger partial charge in [0.05, 0.1) is 18.9 Å². The molecule has 0 spiro atoms. The van der Waals surface area contributed by atoms with Gasteiger partial charge in [0.1, 0.15) is 11.3 Å². The lowest BCUT2D eigenvalue weighted by Gasteiger charge is -2.27. The molecule has 2 aromatic heterocycles. The summed E-state index contributed by atoms with van der Waals surface area (Å²) in [6.07, 6.45) is 2.24. The quantitative estimate of drug-likeness (QED) is 0.745. The molecule has 4 rings (SSSR count). The van der Waals surface area contributed by atoms with Crippen molar-refractivity contribution in [3.8, 4) is 5.75 Å². The number of fused-ring (bicyclic) bond motifs is 2. The SMILES string of the molecule is CCn1c2c(c(=O)n3ncc(C(=O)Nc4ccc(OC)cc4)c13)CN(C)CC2. The highest BCUT2D eigenvalue weighted by atomic mass is 16.5. The molecule has 146 valence electrons. The summed E-state index contributed by atoms with van der Waals surface area (Å²) in [5.74, 6) is 0.417. The molecule has 1 aromatic carbocycles. The lowest BCUT2D eigenvalue weighted by molar-refractivity contribution is 0.102. The molecule has 1 aliphatic heterocycles. The summed E-state index contributed by atoms with van der Waals surface area (Å²) in [6.45, 7) is 4.15. The van der Waals surface area contributed by atoms with Crippen LogP contribution in [0.5, 0.6) is 5.75 Å². The molecule has 1 amide bonds. The summed E-state index contributed by atoms with van der Waals surface area (Å²) in [5, 5.41) is 7.11. The zero-order valence-corrected chi connectivity index (χ0v) is 16.2. The molecule has 0 atom stereocenters. The Labute approximate surface area is 162 Å². The summed E-state index contributed by atoms with van der Waals surface area (Å²) in [7, 11) is 3.59. The number of ether oxygens (including phenoxy) is 1. The van der Waals surface area contributed by atoms with E-state index in [1.165, 1.54) is 10.7 Å². The molecule has 3 aromatic rings. The molecule has 0 saturated heterocycles. The van der Waals surface area contributed by atoms with Gasteiger partial charge in [0.15, 0.2) is 5.65 Å². The number of aromatic nitrogens is 3. The number of amides is 1. The molecule has 0 saturated carbocycles. The number of carbonyl (C=O) groups excluding carboxylic acids is 1. The van der Waals surface area contributed by atoms with Crippen molar-refractivity contribution in [2.45, 2.75) is 26.4 Å². The molecule has 8 heteroatoms. The van der Waals surface area contributed by atoms with E-state index in [9.17, 15) is 9.59 Å². The second-order valence-corrected chi connectivity index (χ2v) is 6.94. The van der Waals surface area contributed by atoms with Gasteiger partial charge in [-0.1, -0.05) is 0 Å². The molecule has 0 unspecified atom stereocenters. The number of methoxy groups -OCH3 is 1. The smallest absolute Gasteiger partial charge is 0.279 e. The number of hydrogen-bond acceptors (Lipinski definition) is 5. The van der Waals surface area contributed by atoms with Crippen molar-refractivity contribution < 1.29 is 9.53 Å². The van der Waals surface area contributed by atoms with E-state index >= 15 is 0 Å². The van der Waals surface area contributed by atoms with Crippen molar-refractivity contribution >= 4 is 17.2 Å². The van der Waals surface area contributed by atoms with E-state index in [0.29, 0.717) is 35.7 Å². The third-order valence-electron chi connectivity index (χ3n) is 5.19. The van der Waals surface area contributed by atoms with Gasteiger partial charge in [-0.15, -0.1) is 0 Å². The fourth-order valence-electron chi connectivity index (χ4n) is 3.76. The van der Waals surface area contributed by atoms with E-state index in [2.05, 4.69) is 15.3 Å². The zero-order valence-electron chi connectivity index (χ0n) is 16.2. The first-order valence-electron chi connectivity index (χ1n) is 9.29. The Morgan fingerprint density at radius 1 is 1.29 bits per heavy atom. The Morgan fingerprint density at radius 2 is 2.04 bits per heavy atom. The summed E-state index contributed by atoms with van der Waals surface area (Å²) >= 11 is 0. The maximum absolute atomic E-state index is 13.0. The number of benzene rings is 1. The molecule has 0 radical (unpaired) electrons. The first kappa shape index (κ1) is 18.2. The minimum atomic E-state index is -0.297. The maximum Gasteiger partial charge on any atom is 0.279 e. The minimum absolute atomic E-state index is 0.148. The molecule has 0 bridgehead atoms. The first-order chi connectivity index (χ1) is 13.5. The van der Waals surface area contributed by atoms with Gasteiger partial charge in [-0.05, 0) is 38.2 Å². The maximum atomic E-state index is 13.0. The van der Waals surface area contributed by atoms with E-state index in [4.69, 9.17) is 4.74 Å². The van der Waals surface area contributed by atoms with Crippen LogP contribution in [0.25, 0.3) is 5.65 Å². The summed E-state index contributed by atoms with van der Waals surface area (Å²) in [4.78, 5) is 28.0. The Bertz CT molecular complexity index is 1100. The number of likely N-dealkylation sites (N-methyl/N-ethyl adjacent to an activating group) is 1. The number of nitrogens with zero attached hydrogens (tertiary/aromatic N) is 4. The summed E-state index contributed by atoms with van der Waals surface area (Å²) < 4.78 is 8.53. The molecular weight excluding hydrogens is 358 g/mol. The van der Waals surface area contributed by atoms with Gasteiger partial charge in [0.25, 0.3) is 11.5 Å². The summed E-state index contributed by atoms with van der Waals surface area (Å²) in [5.41, 5.74) is 3.18. The zero-order chi connectivity index (χ0) is 19.8. The largest absolute Gasteiger partial charge is 0.497 e. The predicted octanol–water partition coefficient (Wildman–Crippen LogP) is 1.76. The predicted molar refractivity (Wildman–Crippen MR) is 106 cm³/mol. The van der Waals surface area contributed by atoms with Gasteiger partial charge >= 0.3 is 0 Å². The highest BCUT2D eigenvalue weighted by Gasteiger charge is 2.25. The second kappa shape index (κ2) is 7.12. The molecule has 3 heterocycles. The summed E-state index contributed by atoms with van der Waals surface area (Å²) in [6, 6.07) is 7.10. The lowest BCUT2D eigenvalue weighted by atomic mass is 10.1. The van der Waals surface area contributed by atoms with Crippen LogP contribution >= 0.6 is 0 Å². The average molecular weight is 381 g/mol. The van der Waals surface area contributed by atoms with Crippen LogP contribution in [-0.2, 0) is 19.5 Å². The van der Waals surface area contributed by atoms with Gasteiger partial charge < -0.3 is 19.5 Å². The molecule has 0 fully saturated rings. The molecule has 1 N–H and O–H groups in total. The molecular formula is C20H23N5O3. The number of rotatable bonds is 4. The van der Waals surface area contributed by atoms with Crippen LogP contribution in [-0.4, -0.2) is 45.7 Å². The monoisotopic (exact) mass is 381 g/mol. The van der Waals surface area contributed by atoms with Crippen LogP contribution in [0.15, 0.2) is 35.3 Å². The number of hydrogen-bond donors (Lipinski definition) is 1. The van der Waals surface area contributed by atoms with Crippen molar-refractivity contribution in [1.29, 1.82) is 0 Å². The van der Waals surface area contributed by atoms with E-state index in [1.807, 2.05) is 18.5 Å². The fraction of sp³-hybridized carbons (Fsp3) is 0.350. The van der Waals surface area contributed by atoms with Gasteiger partial charge in [-0.25, -0.2) is 0 Å². The van der Waals surface area contributed by atoms with Gasteiger partial charge in [-0.3, -0.25) is 9.59 Å². The van der Waals surface area contributed by atoms with Crippen molar-refractivity contribution in [3.05, 3.63) is 57.6 Å². The number of nitrogens with one attached hydrogen (secondary N) is 1. The average Bonchev–Trinajstić information content (AvgIpc) is 3.15. The number of carbonyl (C=O) groups is 1. The Kier molecular flexibility index (Phi) is 4.64. The van der Waals surface area contributed by atoms with Crippen molar-refractivity contribution in [2.75, 3.05) is 26.0 Å². The van der Waals surface area contributed by atoms with E-state index in [1.54, 1.807) is 31.4 Å². The third kappa shape index (κ3) is 2.95. The van der Waals surface area contributed by atoms with Gasteiger partial charge in [0.2, 0.25) is 0 Å². The van der Waals surface area contributed by atoms with E-state index < -0.39 is 0 Å². The minimum Gasteiger partial charge on any atom is -0.497 e. The van der Waals surface area contributed by atoms with Crippen LogP contribution in [0, 0.1) is 0 Å². The topological polar surface area (TPSA) is 80.9 Å². The Morgan fingerprint density at radius 3 is 2.71 bits per heavy atom. The fourth-order valence-corrected chi connectivity index (χ4v) is 3.76. The Hall–Kier alpha value is -3.13. The van der Waals surface area contributed by atoms with E-state index in [0.717, 1.165) is 24.2 Å².